The molecule has 28 heavy (non-hydrogen) atoms. The van der Waals surface area contributed by atoms with Gasteiger partial charge in [0, 0.05) is 29.0 Å². The predicted octanol–water partition coefficient (Wildman–Crippen LogP) is 6.09. The van der Waals surface area contributed by atoms with E-state index in [1.54, 1.807) is 0 Å². The molecule has 0 saturated carbocycles. The van der Waals surface area contributed by atoms with Gasteiger partial charge in [0.1, 0.15) is 5.75 Å². The van der Waals surface area contributed by atoms with E-state index in [9.17, 15) is 5.11 Å². The van der Waals surface area contributed by atoms with Crippen molar-refractivity contribution in [3.8, 4) is 5.75 Å². The molecule has 1 unspecified atom stereocenters. The monoisotopic (exact) mass is 467 g/mol. The number of benzene rings is 3. The normalized spacial score (nSPS) is 10.5. The third kappa shape index (κ3) is 5.99. The van der Waals surface area contributed by atoms with Crippen LogP contribution in [0.15, 0.2) is 60.7 Å². The second kappa shape index (κ2) is 11.2. The minimum absolute atomic E-state index is 0.412. The van der Waals surface area contributed by atoms with Crippen LogP contribution in [0.5, 0.6) is 5.75 Å². The second-order valence-corrected chi connectivity index (χ2v) is 10.4. The molecule has 3 aromatic rings. The van der Waals surface area contributed by atoms with E-state index in [0.29, 0.717) is 14.3 Å². The number of halogens is 2. The molecule has 2 nitrogen and oxygen atoms in total. The van der Waals surface area contributed by atoms with Crippen molar-refractivity contribution >= 4 is 49.2 Å². The molecule has 3 aromatic carbocycles. The standard InChI is InChI=1S/C22H24NOP.2ClH.Ti/c1-15-13-17(3)21(24)20(14-15)25-22-16(2)9-8-12-19(22)23(4)18-10-6-5-7-11-18;;;/h5-14,24-25H,1-4H3;2*1H;/q;;;+2/p-2. The summed E-state index contributed by atoms with van der Waals surface area (Å²) in [7, 11) is 12.3. The fraction of sp³-hybridized carbons (Fsp3) is 0.182. The van der Waals surface area contributed by atoms with E-state index in [1.165, 1.54) is 22.1 Å². The Labute approximate surface area is 186 Å². The molecule has 1 atom stereocenters. The molecule has 0 spiro atoms. The van der Waals surface area contributed by atoms with Crippen LogP contribution < -0.4 is 15.5 Å². The number of hydrogen-bond acceptors (Lipinski definition) is 2. The third-order valence-corrected chi connectivity index (χ3v) is 6.01. The fourth-order valence-electron chi connectivity index (χ4n) is 3.08. The van der Waals surface area contributed by atoms with Crippen molar-refractivity contribution in [2.45, 2.75) is 20.8 Å². The minimum atomic E-state index is -0.556. The first-order valence-corrected chi connectivity index (χ1v) is 14.1. The van der Waals surface area contributed by atoms with E-state index in [0.717, 1.165) is 16.6 Å². The van der Waals surface area contributed by atoms with E-state index >= 15 is 0 Å². The Balaban J connectivity index is 0.000000878. The third-order valence-electron chi connectivity index (χ3n) is 4.46. The quantitative estimate of drug-likeness (QED) is 0.370. The first-order valence-electron chi connectivity index (χ1n) is 8.81. The summed E-state index contributed by atoms with van der Waals surface area (Å²) < 4.78 is 0. The molecule has 0 amide bonds. The van der Waals surface area contributed by atoms with E-state index in [1.807, 2.05) is 19.1 Å². The molecule has 146 valence electrons. The molecule has 0 aliphatic carbocycles. The molecule has 1 N–H and O–H groups in total. The van der Waals surface area contributed by atoms with Crippen LogP contribution in [-0.4, -0.2) is 12.2 Å². The molecule has 0 fully saturated rings. The average molecular weight is 468 g/mol. The first kappa shape index (κ1) is 23.3. The predicted molar refractivity (Wildman–Crippen MR) is 123 cm³/mol. The van der Waals surface area contributed by atoms with Crippen molar-refractivity contribution in [2.24, 2.45) is 0 Å². The molecule has 0 radical (unpaired) electrons. The van der Waals surface area contributed by atoms with Gasteiger partial charge < -0.3 is 10.0 Å². The van der Waals surface area contributed by atoms with Crippen LogP contribution in [-0.2, 0) is 17.0 Å². The zero-order chi connectivity index (χ0) is 20.7. The summed E-state index contributed by atoms with van der Waals surface area (Å²) >= 11 is -0.556. The molecule has 0 aliphatic heterocycles. The van der Waals surface area contributed by atoms with Crippen LogP contribution in [0.2, 0.25) is 0 Å². The van der Waals surface area contributed by atoms with Gasteiger partial charge in [-0.15, -0.1) is 0 Å². The Hall–Kier alpha value is -1.02. The molecule has 0 bridgehead atoms. The molecular formula is C22H24Cl2NOPTi. The van der Waals surface area contributed by atoms with Crippen molar-refractivity contribution in [3.05, 3.63) is 77.4 Å². The van der Waals surface area contributed by atoms with Gasteiger partial charge in [-0.1, -0.05) is 45.0 Å². The number of aromatic hydroxyl groups is 1. The van der Waals surface area contributed by atoms with Gasteiger partial charge in [0.25, 0.3) is 0 Å². The molecule has 0 saturated heterocycles. The van der Waals surface area contributed by atoms with E-state index in [4.69, 9.17) is 18.6 Å². The first-order chi connectivity index (χ1) is 13.4. The Bertz CT molecular complexity index is 922. The summed E-state index contributed by atoms with van der Waals surface area (Å²) in [6, 6.07) is 20.9. The Morgan fingerprint density at radius 3 is 2.18 bits per heavy atom. The molecule has 0 aromatic heterocycles. The van der Waals surface area contributed by atoms with E-state index < -0.39 is 17.0 Å². The Kier molecular flexibility index (Phi) is 9.34. The SMILES string of the molecule is Cc1cc(C)c(O)c(Pc2c(C)cccc2N(C)c2ccccc2)c1.[Cl][Ti][Cl]. The van der Waals surface area contributed by atoms with Crippen molar-refractivity contribution in [1.29, 1.82) is 0 Å². The van der Waals surface area contributed by atoms with Crippen LogP contribution in [0.1, 0.15) is 16.7 Å². The number of hydrogen-bond donors (Lipinski definition) is 1. The van der Waals surface area contributed by atoms with Crippen LogP contribution >= 0.6 is 27.2 Å². The number of phenols is 1. The summed E-state index contributed by atoms with van der Waals surface area (Å²) in [5, 5.41) is 12.8. The maximum absolute atomic E-state index is 10.5. The average Bonchev–Trinajstić information content (AvgIpc) is 2.68. The fourth-order valence-corrected chi connectivity index (χ4v) is 4.62. The van der Waals surface area contributed by atoms with Crippen molar-refractivity contribution in [2.75, 3.05) is 11.9 Å². The zero-order valence-electron chi connectivity index (χ0n) is 16.4. The summed E-state index contributed by atoms with van der Waals surface area (Å²) in [5.74, 6) is 0.417. The van der Waals surface area contributed by atoms with Crippen LogP contribution in [0.4, 0.5) is 11.4 Å². The summed E-state index contributed by atoms with van der Waals surface area (Å²) in [5.41, 5.74) is 5.71. The summed E-state index contributed by atoms with van der Waals surface area (Å²) in [4.78, 5) is 2.22. The van der Waals surface area contributed by atoms with Gasteiger partial charge in [-0.25, -0.2) is 0 Å². The van der Waals surface area contributed by atoms with Gasteiger partial charge in [0.2, 0.25) is 0 Å². The Morgan fingerprint density at radius 1 is 0.893 bits per heavy atom. The molecule has 0 heterocycles. The second-order valence-electron chi connectivity index (χ2n) is 6.54. The molecule has 3 rings (SSSR count). The number of nitrogens with zero attached hydrogens (tertiary/aromatic N) is 1. The number of phenolic OH excluding ortho intramolecular Hbond substituents is 1. The molecule has 0 aliphatic rings. The molecule has 6 heteroatoms. The van der Waals surface area contributed by atoms with Crippen LogP contribution in [0.3, 0.4) is 0 Å². The van der Waals surface area contributed by atoms with Crippen molar-refractivity contribution in [1.82, 2.24) is 0 Å². The van der Waals surface area contributed by atoms with Crippen LogP contribution in [0, 0.1) is 20.8 Å². The number of anilines is 2. The van der Waals surface area contributed by atoms with Gasteiger partial charge in [0.05, 0.1) is 0 Å². The Morgan fingerprint density at radius 2 is 1.54 bits per heavy atom. The van der Waals surface area contributed by atoms with E-state index in [-0.39, 0.29) is 0 Å². The number of para-hydroxylation sites is 1. The molecular weight excluding hydrogens is 444 g/mol. The van der Waals surface area contributed by atoms with Gasteiger partial charge in [-0.05, 0) is 61.7 Å². The summed E-state index contributed by atoms with van der Waals surface area (Å²) in [6.45, 7) is 6.19. The van der Waals surface area contributed by atoms with Crippen molar-refractivity contribution < 1.29 is 22.1 Å². The van der Waals surface area contributed by atoms with E-state index in [2.05, 4.69) is 74.3 Å². The van der Waals surface area contributed by atoms with Crippen LogP contribution in [0.25, 0.3) is 0 Å². The topological polar surface area (TPSA) is 23.5 Å². The number of rotatable bonds is 4. The van der Waals surface area contributed by atoms with Gasteiger partial charge in [-0.2, -0.15) is 0 Å². The van der Waals surface area contributed by atoms with Gasteiger partial charge in [-0.3, -0.25) is 0 Å². The van der Waals surface area contributed by atoms with Gasteiger partial charge >= 0.3 is 35.6 Å². The van der Waals surface area contributed by atoms with Gasteiger partial charge in [0.15, 0.2) is 0 Å². The number of aryl methyl sites for hydroxylation is 3. The van der Waals surface area contributed by atoms with Crippen molar-refractivity contribution in [3.63, 3.8) is 0 Å². The zero-order valence-corrected chi connectivity index (χ0v) is 20.5. The summed E-state index contributed by atoms with van der Waals surface area (Å²) in [6.07, 6.45) is 0. The maximum atomic E-state index is 10.5.